The van der Waals surface area contributed by atoms with Crippen LogP contribution in [0.5, 0.6) is 0 Å². The monoisotopic (exact) mass is 254 g/mol. The lowest BCUT2D eigenvalue weighted by Crippen LogP contribution is -2.34. The van der Waals surface area contributed by atoms with E-state index in [4.69, 9.17) is 12.2 Å². The smallest absolute Gasteiger partial charge is 0.195 e. The Morgan fingerprint density at radius 3 is 2.65 bits per heavy atom. The van der Waals surface area contributed by atoms with Crippen LogP contribution in [-0.2, 0) is 13.0 Å². The topological polar surface area (TPSA) is 36.9 Å². The van der Waals surface area contributed by atoms with Gasteiger partial charge in [0.25, 0.3) is 0 Å². The molecule has 1 aromatic heterocycles. The number of hydrogen-bond donors (Lipinski definition) is 1. The first kappa shape index (κ1) is 12.8. The van der Waals surface area contributed by atoms with Crippen LogP contribution < -0.4 is 0 Å². The van der Waals surface area contributed by atoms with Crippen molar-refractivity contribution in [2.75, 3.05) is 19.6 Å². The van der Waals surface area contributed by atoms with Crippen molar-refractivity contribution in [1.82, 2.24) is 19.7 Å². The summed E-state index contributed by atoms with van der Waals surface area (Å²) in [6, 6.07) is 0. The number of nitrogens with one attached hydrogen (secondary N) is 1. The van der Waals surface area contributed by atoms with Crippen molar-refractivity contribution in [3.05, 3.63) is 10.6 Å². The van der Waals surface area contributed by atoms with Gasteiger partial charge in [0.15, 0.2) is 4.77 Å². The fraction of sp³-hybridized carbons (Fsp3) is 0.833. The SMILES string of the molecule is CCc1n[nH]c(=S)n1CC1CCN(CC)CC1. The first-order valence-corrected chi connectivity index (χ1v) is 7.01. The van der Waals surface area contributed by atoms with Crippen LogP contribution >= 0.6 is 12.2 Å². The van der Waals surface area contributed by atoms with E-state index in [9.17, 15) is 0 Å². The molecule has 0 aromatic carbocycles. The zero-order valence-corrected chi connectivity index (χ0v) is 11.6. The molecule has 0 amide bonds. The van der Waals surface area contributed by atoms with Crippen LogP contribution in [0.2, 0.25) is 0 Å². The normalized spacial score (nSPS) is 18.7. The molecule has 0 atom stereocenters. The maximum Gasteiger partial charge on any atom is 0.195 e. The number of aromatic amines is 1. The molecule has 1 saturated heterocycles. The van der Waals surface area contributed by atoms with E-state index in [0.717, 1.165) is 29.5 Å². The van der Waals surface area contributed by atoms with Gasteiger partial charge in [-0.3, -0.25) is 5.10 Å². The van der Waals surface area contributed by atoms with Crippen LogP contribution in [0.4, 0.5) is 0 Å². The van der Waals surface area contributed by atoms with Crippen LogP contribution in [-0.4, -0.2) is 39.3 Å². The predicted octanol–water partition coefficient (Wildman–Crippen LogP) is 2.23. The van der Waals surface area contributed by atoms with E-state index in [1.807, 2.05) is 0 Å². The van der Waals surface area contributed by atoms with Crippen molar-refractivity contribution in [2.24, 2.45) is 5.92 Å². The molecule has 96 valence electrons. The third-order valence-electron chi connectivity index (χ3n) is 3.75. The van der Waals surface area contributed by atoms with Crippen LogP contribution in [0.3, 0.4) is 0 Å². The van der Waals surface area contributed by atoms with Gasteiger partial charge in [-0.25, -0.2) is 0 Å². The average Bonchev–Trinajstić information content (AvgIpc) is 2.71. The summed E-state index contributed by atoms with van der Waals surface area (Å²) in [5, 5.41) is 7.17. The summed E-state index contributed by atoms with van der Waals surface area (Å²) in [6.07, 6.45) is 3.51. The number of likely N-dealkylation sites (tertiary alicyclic amines) is 1. The van der Waals surface area contributed by atoms with Crippen molar-refractivity contribution in [3.63, 3.8) is 0 Å². The lowest BCUT2D eigenvalue weighted by atomic mass is 9.97. The summed E-state index contributed by atoms with van der Waals surface area (Å²) in [5.41, 5.74) is 0. The molecule has 0 unspecified atom stereocenters. The maximum absolute atomic E-state index is 5.29. The van der Waals surface area contributed by atoms with Crippen LogP contribution in [0, 0.1) is 10.7 Å². The molecule has 0 bridgehead atoms. The third-order valence-corrected chi connectivity index (χ3v) is 4.06. The zero-order valence-electron chi connectivity index (χ0n) is 10.8. The minimum Gasteiger partial charge on any atom is -0.304 e. The highest BCUT2D eigenvalue weighted by molar-refractivity contribution is 7.71. The van der Waals surface area contributed by atoms with Crippen LogP contribution in [0.15, 0.2) is 0 Å². The summed E-state index contributed by atoms with van der Waals surface area (Å²) < 4.78 is 2.96. The zero-order chi connectivity index (χ0) is 12.3. The summed E-state index contributed by atoms with van der Waals surface area (Å²) >= 11 is 5.29. The van der Waals surface area contributed by atoms with E-state index in [1.165, 1.54) is 32.5 Å². The molecule has 4 nitrogen and oxygen atoms in total. The minimum atomic E-state index is 0.757. The van der Waals surface area contributed by atoms with E-state index in [1.54, 1.807) is 0 Å². The second kappa shape index (κ2) is 5.78. The number of nitrogens with zero attached hydrogens (tertiary/aromatic N) is 3. The molecule has 1 aliphatic heterocycles. The minimum absolute atomic E-state index is 0.757. The predicted molar refractivity (Wildman–Crippen MR) is 71.6 cm³/mol. The van der Waals surface area contributed by atoms with Gasteiger partial charge in [0.1, 0.15) is 5.82 Å². The van der Waals surface area contributed by atoms with Crippen LogP contribution in [0.1, 0.15) is 32.5 Å². The summed E-state index contributed by atoms with van der Waals surface area (Å²) in [4.78, 5) is 2.52. The van der Waals surface area contributed by atoms with Gasteiger partial charge in [-0.05, 0) is 50.6 Å². The fourth-order valence-electron chi connectivity index (χ4n) is 2.55. The van der Waals surface area contributed by atoms with Crippen molar-refractivity contribution < 1.29 is 0 Å². The molecule has 1 aliphatic rings. The Morgan fingerprint density at radius 1 is 1.35 bits per heavy atom. The first-order valence-electron chi connectivity index (χ1n) is 6.61. The lowest BCUT2D eigenvalue weighted by molar-refractivity contribution is 0.180. The molecule has 5 heteroatoms. The highest BCUT2D eigenvalue weighted by Gasteiger charge is 2.19. The highest BCUT2D eigenvalue weighted by atomic mass is 32.1. The van der Waals surface area contributed by atoms with Gasteiger partial charge in [0.2, 0.25) is 0 Å². The number of piperidine rings is 1. The molecular formula is C12H22N4S. The standard InChI is InChI=1S/C12H22N4S/c1-3-11-13-14-12(17)16(11)9-10-5-7-15(4-2)8-6-10/h10H,3-9H2,1-2H3,(H,14,17). The molecule has 1 fully saturated rings. The number of aryl methyl sites for hydroxylation is 1. The number of rotatable bonds is 4. The molecular weight excluding hydrogens is 232 g/mol. The highest BCUT2D eigenvalue weighted by Crippen LogP contribution is 2.19. The Morgan fingerprint density at radius 2 is 2.06 bits per heavy atom. The Hall–Kier alpha value is -0.680. The van der Waals surface area contributed by atoms with Gasteiger partial charge < -0.3 is 9.47 Å². The summed E-state index contributed by atoms with van der Waals surface area (Å²) in [5.74, 6) is 1.85. The summed E-state index contributed by atoms with van der Waals surface area (Å²) in [7, 11) is 0. The quantitative estimate of drug-likeness (QED) is 0.837. The van der Waals surface area contributed by atoms with Gasteiger partial charge in [0.05, 0.1) is 0 Å². The Kier molecular flexibility index (Phi) is 4.34. The van der Waals surface area contributed by atoms with Gasteiger partial charge >= 0.3 is 0 Å². The van der Waals surface area contributed by atoms with E-state index >= 15 is 0 Å². The molecule has 2 rings (SSSR count). The largest absolute Gasteiger partial charge is 0.304 e. The van der Waals surface area contributed by atoms with Gasteiger partial charge in [-0.1, -0.05) is 13.8 Å². The second-order valence-electron chi connectivity index (χ2n) is 4.79. The number of aromatic nitrogens is 3. The molecule has 0 saturated carbocycles. The van der Waals surface area contributed by atoms with Crippen molar-refractivity contribution >= 4 is 12.2 Å². The average molecular weight is 254 g/mol. The van der Waals surface area contributed by atoms with Gasteiger partial charge in [-0.15, -0.1) is 0 Å². The fourth-order valence-corrected chi connectivity index (χ4v) is 2.78. The number of hydrogen-bond acceptors (Lipinski definition) is 3. The Balaban J connectivity index is 1.97. The first-order chi connectivity index (χ1) is 8.24. The molecule has 0 aliphatic carbocycles. The maximum atomic E-state index is 5.29. The van der Waals surface area contributed by atoms with E-state index in [2.05, 4.69) is 33.5 Å². The van der Waals surface area contributed by atoms with Gasteiger partial charge in [-0.2, -0.15) is 5.10 Å². The molecule has 1 aromatic rings. The van der Waals surface area contributed by atoms with Crippen LogP contribution in [0.25, 0.3) is 0 Å². The van der Waals surface area contributed by atoms with Crippen molar-refractivity contribution in [2.45, 2.75) is 39.7 Å². The second-order valence-corrected chi connectivity index (χ2v) is 5.17. The van der Waals surface area contributed by atoms with E-state index in [-0.39, 0.29) is 0 Å². The lowest BCUT2D eigenvalue weighted by Gasteiger charge is -2.31. The Bertz CT molecular complexity index is 401. The van der Waals surface area contributed by atoms with Gasteiger partial charge in [0, 0.05) is 13.0 Å². The molecule has 0 spiro atoms. The van der Waals surface area contributed by atoms with Crippen molar-refractivity contribution in [3.8, 4) is 0 Å². The molecule has 1 N–H and O–H groups in total. The van der Waals surface area contributed by atoms with Crippen molar-refractivity contribution in [1.29, 1.82) is 0 Å². The van der Waals surface area contributed by atoms with E-state index in [0.29, 0.717) is 0 Å². The molecule has 0 radical (unpaired) electrons. The Labute approximate surface area is 108 Å². The molecule has 2 heterocycles. The molecule has 17 heavy (non-hydrogen) atoms. The summed E-state index contributed by atoms with van der Waals surface area (Å²) in [6.45, 7) is 9.04. The van der Waals surface area contributed by atoms with E-state index < -0.39 is 0 Å². The number of H-pyrrole nitrogens is 1. The third kappa shape index (κ3) is 2.96.